The first kappa shape index (κ1) is 13.7. The molecule has 1 heterocycles. The second-order valence-corrected chi connectivity index (χ2v) is 4.90. The Morgan fingerprint density at radius 1 is 1.32 bits per heavy atom. The van der Waals surface area contributed by atoms with Crippen molar-refractivity contribution >= 4 is 0 Å². The SMILES string of the molecule is Cc1nc(C)n(-c2c(F)cccc2CNC(C)C)n1. The fraction of sp³-hybridized carbons (Fsp3) is 0.429. The van der Waals surface area contributed by atoms with Crippen molar-refractivity contribution in [3.8, 4) is 5.69 Å². The summed E-state index contributed by atoms with van der Waals surface area (Å²) < 4.78 is 15.7. The molecule has 5 heteroatoms. The van der Waals surface area contributed by atoms with Gasteiger partial charge in [-0.15, -0.1) is 0 Å². The van der Waals surface area contributed by atoms with Gasteiger partial charge in [0.15, 0.2) is 0 Å². The van der Waals surface area contributed by atoms with Crippen LogP contribution in [0.3, 0.4) is 0 Å². The first-order valence-electron chi connectivity index (χ1n) is 6.40. The minimum absolute atomic E-state index is 0.281. The topological polar surface area (TPSA) is 42.7 Å². The molecule has 0 radical (unpaired) electrons. The summed E-state index contributed by atoms with van der Waals surface area (Å²) in [6, 6.07) is 5.42. The maximum absolute atomic E-state index is 14.1. The molecule has 0 aliphatic heterocycles. The van der Waals surface area contributed by atoms with Gasteiger partial charge in [-0.25, -0.2) is 14.1 Å². The number of nitrogens with zero attached hydrogens (tertiary/aromatic N) is 3. The Labute approximate surface area is 112 Å². The molecule has 0 saturated heterocycles. The van der Waals surface area contributed by atoms with E-state index in [1.807, 2.05) is 13.0 Å². The van der Waals surface area contributed by atoms with Crippen LogP contribution in [0.15, 0.2) is 18.2 Å². The molecule has 0 aliphatic rings. The largest absolute Gasteiger partial charge is 0.310 e. The van der Waals surface area contributed by atoms with E-state index < -0.39 is 0 Å². The van der Waals surface area contributed by atoms with E-state index >= 15 is 0 Å². The van der Waals surface area contributed by atoms with Gasteiger partial charge in [-0.1, -0.05) is 26.0 Å². The molecule has 0 saturated carbocycles. The van der Waals surface area contributed by atoms with Crippen LogP contribution in [0.25, 0.3) is 5.69 Å². The third-order valence-electron chi connectivity index (χ3n) is 2.86. The molecule has 1 N–H and O–H groups in total. The van der Waals surface area contributed by atoms with E-state index in [-0.39, 0.29) is 5.82 Å². The van der Waals surface area contributed by atoms with E-state index in [0.717, 1.165) is 5.56 Å². The Kier molecular flexibility index (Phi) is 3.95. The third kappa shape index (κ3) is 2.98. The lowest BCUT2D eigenvalue weighted by atomic mass is 10.1. The number of benzene rings is 1. The third-order valence-corrected chi connectivity index (χ3v) is 2.86. The summed E-state index contributed by atoms with van der Waals surface area (Å²) >= 11 is 0. The maximum atomic E-state index is 14.1. The Bertz CT molecular complexity index is 575. The summed E-state index contributed by atoms with van der Waals surface area (Å²) in [6.07, 6.45) is 0. The molecular weight excluding hydrogens is 243 g/mol. The van der Waals surface area contributed by atoms with Gasteiger partial charge in [0.25, 0.3) is 0 Å². The normalized spacial score (nSPS) is 11.3. The van der Waals surface area contributed by atoms with Crippen LogP contribution < -0.4 is 5.32 Å². The van der Waals surface area contributed by atoms with Crippen molar-refractivity contribution in [2.75, 3.05) is 0 Å². The molecule has 2 rings (SSSR count). The van der Waals surface area contributed by atoms with Crippen LogP contribution in [0, 0.1) is 19.7 Å². The predicted octanol–water partition coefficient (Wildman–Crippen LogP) is 2.52. The van der Waals surface area contributed by atoms with Gasteiger partial charge in [-0.3, -0.25) is 0 Å². The van der Waals surface area contributed by atoms with Crippen LogP contribution >= 0.6 is 0 Å². The Morgan fingerprint density at radius 2 is 2.05 bits per heavy atom. The molecule has 0 unspecified atom stereocenters. The Morgan fingerprint density at radius 3 is 2.63 bits per heavy atom. The number of halogens is 1. The Hall–Kier alpha value is -1.75. The van der Waals surface area contributed by atoms with Gasteiger partial charge in [0, 0.05) is 12.6 Å². The number of para-hydroxylation sites is 1. The lowest BCUT2D eigenvalue weighted by molar-refractivity contribution is 0.571. The molecule has 1 aromatic carbocycles. The maximum Gasteiger partial charge on any atom is 0.149 e. The first-order valence-corrected chi connectivity index (χ1v) is 6.40. The molecule has 4 nitrogen and oxygen atoms in total. The summed E-state index contributed by atoms with van der Waals surface area (Å²) in [5, 5.41) is 7.56. The molecule has 19 heavy (non-hydrogen) atoms. The van der Waals surface area contributed by atoms with Gasteiger partial charge < -0.3 is 5.32 Å². The van der Waals surface area contributed by atoms with Gasteiger partial charge in [0.2, 0.25) is 0 Å². The molecular formula is C14H19FN4. The summed E-state index contributed by atoms with van der Waals surface area (Å²) in [5.41, 5.74) is 1.36. The van der Waals surface area contributed by atoms with Gasteiger partial charge in [0.05, 0.1) is 0 Å². The van der Waals surface area contributed by atoms with E-state index in [2.05, 4.69) is 29.2 Å². The van der Waals surface area contributed by atoms with Crippen LogP contribution in [0.1, 0.15) is 31.1 Å². The molecule has 0 fully saturated rings. The second-order valence-electron chi connectivity index (χ2n) is 4.90. The van der Waals surface area contributed by atoms with Crippen molar-refractivity contribution in [3.05, 3.63) is 41.2 Å². The number of nitrogens with one attached hydrogen (secondary N) is 1. The van der Waals surface area contributed by atoms with Crippen molar-refractivity contribution < 1.29 is 4.39 Å². The molecule has 0 aliphatic carbocycles. The zero-order valence-corrected chi connectivity index (χ0v) is 11.7. The lowest BCUT2D eigenvalue weighted by Gasteiger charge is -2.14. The van der Waals surface area contributed by atoms with Crippen LogP contribution in [-0.4, -0.2) is 20.8 Å². The highest BCUT2D eigenvalue weighted by Gasteiger charge is 2.14. The van der Waals surface area contributed by atoms with Crippen molar-refractivity contribution in [2.45, 2.75) is 40.3 Å². The minimum atomic E-state index is -0.281. The molecule has 0 bridgehead atoms. The predicted molar refractivity (Wildman–Crippen MR) is 72.8 cm³/mol. The highest BCUT2D eigenvalue weighted by atomic mass is 19.1. The number of hydrogen-bond donors (Lipinski definition) is 1. The Balaban J connectivity index is 2.46. The summed E-state index contributed by atoms with van der Waals surface area (Å²) in [6.45, 7) is 8.35. The molecule has 0 spiro atoms. The summed E-state index contributed by atoms with van der Waals surface area (Å²) in [4.78, 5) is 4.23. The quantitative estimate of drug-likeness (QED) is 0.920. The summed E-state index contributed by atoms with van der Waals surface area (Å²) in [5.74, 6) is 1.05. The standard InChI is InChI=1S/C14H19FN4/c1-9(2)16-8-12-6-5-7-13(15)14(12)19-11(4)17-10(3)18-19/h5-7,9,16H,8H2,1-4H3. The number of aromatic nitrogens is 3. The summed E-state index contributed by atoms with van der Waals surface area (Å²) in [7, 11) is 0. The number of hydrogen-bond acceptors (Lipinski definition) is 3. The highest BCUT2D eigenvalue weighted by molar-refractivity contribution is 5.42. The van der Waals surface area contributed by atoms with Crippen LogP contribution in [-0.2, 0) is 6.54 Å². The van der Waals surface area contributed by atoms with Gasteiger partial charge >= 0.3 is 0 Å². The molecule has 0 amide bonds. The van der Waals surface area contributed by atoms with Crippen molar-refractivity contribution in [1.29, 1.82) is 0 Å². The van der Waals surface area contributed by atoms with E-state index in [1.54, 1.807) is 17.7 Å². The molecule has 102 valence electrons. The highest BCUT2D eigenvalue weighted by Crippen LogP contribution is 2.19. The number of aryl methyl sites for hydroxylation is 2. The average molecular weight is 262 g/mol. The smallest absolute Gasteiger partial charge is 0.149 e. The average Bonchev–Trinajstić information content (AvgIpc) is 2.65. The van der Waals surface area contributed by atoms with Crippen molar-refractivity contribution in [3.63, 3.8) is 0 Å². The monoisotopic (exact) mass is 262 g/mol. The molecule has 1 aromatic heterocycles. The van der Waals surface area contributed by atoms with Gasteiger partial charge in [-0.2, -0.15) is 5.10 Å². The number of rotatable bonds is 4. The first-order chi connectivity index (χ1) is 8.99. The van der Waals surface area contributed by atoms with Crippen LogP contribution in [0.4, 0.5) is 4.39 Å². The van der Waals surface area contributed by atoms with E-state index in [1.165, 1.54) is 6.07 Å². The fourth-order valence-electron chi connectivity index (χ4n) is 1.99. The van der Waals surface area contributed by atoms with Gasteiger partial charge in [0.1, 0.15) is 23.2 Å². The van der Waals surface area contributed by atoms with Crippen molar-refractivity contribution in [2.24, 2.45) is 0 Å². The van der Waals surface area contributed by atoms with E-state index in [4.69, 9.17) is 0 Å². The second kappa shape index (κ2) is 5.48. The van der Waals surface area contributed by atoms with Crippen LogP contribution in [0.5, 0.6) is 0 Å². The molecule has 0 atom stereocenters. The van der Waals surface area contributed by atoms with E-state index in [0.29, 0.717) is 29.9 Å². The lowest BCUT2D eigenvalue weighted by Crippen LogP contribution is -2.23. The zero-order chi connectivity index (χ0) is 14.0. The fourth-order valence-corrected chi connectivity index (χ4v) is 1.99. The van der Waals surface area contributed by atoms with Crippen molar-refractivity contribution in [1.82, 2.24) is 20.1 Å². The minimum Gasteiger partial charge on any atom is -0.310 e. The molecule has 2 aromatic rings. The van der Waals surface area contributed by atoms with Gasteiger partial charge in [-0.05, 0) is 25.5 Å². The van der Waals surface area contributed by atoms with Crippen LogP contribution in [0.2, 0.25) is 0 Å². The zero-order valence-electron chi connectivity index (χ0n) is 11.7. The van der Waals surface area contributed by atoms with E-state index in [9.17, 15) is 4.39 Å².